The Morgan fingerprint density at radius 2 is 1.60 bits per heavy atom. The molecule has 4 amide bonds. The lowest BCUT2D eigenvalue weighted by molar-refractivity contribution is -0.141. The van der Waals surface area contributed by atoms with E-state index in [2.05, 4.69) is 20.5 Å². The zero-order valence-electron chi connectivity index (χ0n) is 33.1. The first kappa shape index (κ1) is 41.1. The normalized spacial score (nSPS) is 21.9. The van der Waals surface area contributed by atoms with Crippen LogP contribution in [0.2, 0.25) is 0 Å². The number of alkyl halides is 3. The molecule has 2 aromatic carbocycles. The summed E-state index contributed by atoms with van der Waals surface area (Å²) >= 11 is 0. The lowest BCUT2D eigenvalue weighted by Gasteiger charge is -2.45. The van der Waals surface area contributed by atoms with Crippen molar-refractivity contribution in [2.45, 2.75) is 82.7 Å². The average Bonchev–Trinajstić information content (AvgIpc) is 3.60. The van der Waals surface area contributed by atoms with Crippen LogP contribution in [0.4, 0.5) is 33.3 Å². The van der Waals surface area contributed by atoms with Gasteiger partial charge in [0.1, 0.15) is 28.8 Å². The predicted octanol–water partition coefficient (Wildman–Crippen LogP) is 6.05. The molecule has 1 atom stereocenters. The van der Waals surface area contributed by atoms with E-state index in [4.69, 9.17) is 9.84 Å². The van der Waals surface area contributed by atoms with E-state index in [1.165, 1.54) is 18.2 Å². The van der Waals surface area contributed by atoms with Crippen molar-refractivity contribution >= 4 is 45.9 Å². The van der Waals surface area contributed by atoms with Crippen molar-refractivity contribution in [3.63, 3.8) is 0 Å². The maximum absolute atomic E-state index is 15.1. The number of ether oxygens (including phenoxy) is 1. The minimum atomic E-state index is -4.69. The largest absolute Gasteiger partial charge is 0.489 e. The van der Waals surface area contributed by atoms with Gasteiger partial charge in [-0.05, 0) is 76.3 Å². The SMILES string of the molecule is CC(C)Oc1cc2nn(C3CCC(N4CCN(C(=O)C5CN(c6cc(F)c([C@H]7CCC(=O)NC7=O)c(F)c6)C5)CC4)CC3)cc2cc1NC(=O)c1cccc(C(F)(F)F)n1. The maximum Gasteiger partial charge on any atom is 0.433 e. The molecule has 1 aliphatic carbocycles. The number of carbonyl (C=O) groups is 4. The molecule has 4 fully saturated rings. The van der Waals surface area contributed by atoms with Gasteiger partial charge in [-0.1, -0.05) is 6.07 Å². The maximum atomic E-state index is 15.1. The summed E-state index contributed by atoms with van der Waals surface area (Å²) in [6.07, 6.45) is 0.653. The summed E-state index contributed by atoms with van der Waals surface area (Å²) in [6.45, 7) is 6.98. The number of piperidine rings is 1. The van der Waals surface area contributed by atoms with Crippen molar-refractivity contribution in [3.8, 4) is 5.75 Å². The molecule has 18 heteroatoms. The molecule has 0 radical (unpaired) electrons. The van der Waals surface area contributed by atoms with E-state index in [1.54, 1.807) is 17.0 Å². The Bertz CT molecular complexity index is 2290. The first-order valence-electron chi connectivity index (χ1n) is 20.3. The van der Waals surface area contributed by atoms with Gasteiger partial charge in [0.25, 0.3) is 5.91 Å². The molecule has 5 heterocycles. The molecule has 0 bridgehead atoms. The van der Waals surface area contributed by atoms with Crippen LogP contribution in [-0.2, 0) is 20.6 Å². The number of hydrogen-bond donors (Lipinski definition) is 2. The second-order valence-corrected chi connectivity index (χ2v) is 16.3. The van der Waals surface area contributed by atoms with Crippen LogP contribution >= 0.6 is 0 Å². The Morgan fingerprint density at radius 1 is 0.917 bits per heavy atom. The second kappa shape index (κ2) is 16.4. The quantitative estimate of drug-likeness (QED) is 0.152. The van der Waals surface area contributed by atoms with Gasteiger partial charge >= 0.3 is 6.18 Å². The number of halogens is 5. The van der Waals surface area contributed by atoms with Gasteiger partial charge < -0.3 is 19.9 Å². The van der Waals surface area contributed by atoms with Gasteiger partial charge in [0.2, 0.25) is 17.7 Å². The van der Waals surface area contributed by atoms with E-state index in [0.29, 0.717) is 54.9 Å². The number of benzene rings is 2. The molecule has 4 aliphatic rings. The molecule has 3 aliphatic heterocycles. The molecule has 2 N–H and O–H groups in total. The van der Waals surface area contributed by atoms with Gasteiger partial charge in [-0.25, -0.2) is 13.8 Å². The lowest BCUT2D eigenvalue weighted by atomic mass is 9.89. The van der Waals surface area contributed by atoms with E-state index in [9.17, 15) is 32.3 Å². The highest BCUT2D eigenvalue weighted by Crippen LogP contribution is 2.37. The molecule has 0 spiro atoms. The third-order valence-corrected chi connectivity index (χ3v) is 11.9. The Hall–Kier alpha value is -5.65. The van der Waals surface area contributed by atoms with Crippen molar-refractivity contribution < 1.29 is 45.9 Å². The number of aromatic nitrogens is 3. The first-order chi connectivity index (χ1) is 28.6. The smallest absolute Gasteiger partial charge is 0.433 e. The lowest BCUT2D eigenvalue weighted by Crippen LogP contribution is -2.59. The Kier molecular flexibility index (Phi) is 11.3. The molecule has 2 aromatic heterocycles. The van der Waals surface area contributed by atoms with Crippen molar-refractivity contribution in [3.05, 3.63) is 77.2 Å². The molecule has 8 rings (SSSR count). The van der Waals surface area contributed by atoms with Crippen LogP contribution in [0.5, 0.6) is 5.75 Å². The Balaban J connectivity index is 0.830. The van der Waals surface area contributed by atoms with E-state index in [-0.39, 0.29) is 48.1 Å². The fourth-order valence-corrected chi connectivity index (χ4v) is 8.77. The number of pyridine rings is 1. The van der Waals surface area contributed by atoms with Crippen LogP contribution in [0.3, 0.4) is 0 Å². The van der Waals surface area contributed by atoms with Crippen LogP contribution in [0, 0.1) is 17.6 Å². The minimum absolute atomic E-state index is 0.0111. The summed E-state index contributed by atoms with van der Waals surface area (Å²) in [4.78, 5) is 59.7. The van der Waals surface area contributed by atoms with Crippen LogP contribution < -0.4 is 20.3 Å². The van der Waals surface area contributed by atoms with Crippen LogP contribution in [-0.4, -0.2) is 99.6 Å². The molecular formula is C42H45F5N8O5. The number of hydrogen-bond acceptors (Lipinski definition) is 9. The van der Waals surface area contributed by atoms with Crippen LogP contribution in [0.25, 0.3) is 10.9 Å². The number of nitrogens with one attached hydrogen (secondary N) is 2. The summed E-state index contributed by atoms with van der Waals surface area (Å²) in [5.74, 6) is -4.67. The van der Waals surface area contributed by atoms with Gasteiger partial charge in [0, 0.05) is 80.6 Å². The summed E-state index contributed by atoms with van der Waals surface area (Å²) in [6, 6.07) is 9.46. The monoisotopic (exact) mass is 836 g/mol. The summed E-state index contributed by atoms with van der Waals surface area (Å²) < 4.78 is 77.8. The van der Waals surface area contributed by atoms with Gasteiger partial charge in [0.05, 0.1) is 35.2 Å². The van der Waals surface area contributed by atoms with Crippen molar-refractivity contribution in [2.75, 3.05) is 49.5 Å². The zero-order chi connectivity index (χ0) is 42.5. The Morgan fingerprint density at radius 3 is 2.25 bits per heavy atom. The van der Waals surface area contributed by atoms with Gasteiger partial charge in [0.15, 0.2) is 0 Å². The van der Waals surface area contributed by atoms with E-state index >= 15 is 8.78 Å². The standard InChI is InChI=1S/C42H45F5N8O5/c1-23(2)60-35-19-33-24(16-34(35)49-40(58)32-4-3-5-36(48-32)42(45,46)47)22-55(51-33)27-8-6-26(7-9-27)52-12-14-53(15-13-52)41(59)25-20-54(21-25)28-17-30(43)38(31(44)18-28)29-10-11-37(56)50-39(29)57/h3-5,16-19,22-23,25-27,29H,6-15,20-21H2,1-2H3,(H,49,58)(H,50,56,57)/t26?,27?,29-/m1/s1. The molecular weight excluding hydrogens is 792 g/mol. The highest BCUT2D eigenvalue weighted by atomic mass is 19.4. The zero-order valence-corrected chi connectivity index (χ0v) is 33.1. The summed E-state index contributed by atoms with van der Waals surface area (Å²) in [5, 5.41) is 10.4. The minimum Gasteiger partial charge on any atom is -0.489 e. The number of anilines is 2. The molecule has 3 saturated heterocycles. The fourth-order valence-electron chi connectivity index (χ4n) is 8.77. The molecule has 318 valence electrons. The molecule has 1 saturated carbocycles. The fraction of sp³-hybridized carbons (Fsp3) is 0.476. The number of imide groups is 1. The first-order valence-corrected chi connectivity index (χ1v) is 20.3. The van der Waals surface area contributed by atoms with Gasteiger partial charge in [-0.15, -0.1) is 0 Å². The van der Waals surface area contributed by atoms with Crippen LogP contribution in [0.15, 0.2) is 48.7 Å². The topological polar surface area (TPSA) is 142 Å². The van der Waals surface area contributed by atoms with Gasteiger partial charge in [-0.3, -0.25) is 34.1 Å². The van der Waals surface area contributed by atoms with Gasteiger partial charge in [-0.2, -0.15) is 18.3 Å². The predicted molar refractivity (Wildman–Crippen MR) is 209 cm³/mol. The second-order valence-electron chi connectivity index (χ2n) is 16.3. The third kappa shape index (κ3) is 8.51. The van der Waals surface area contributed by atoms with E-state index < -0.39 is 47.1 Å². The molecule has 0 unspecified atom stereocenters. The number of piperazine rings is 1. The van der Waals surface area contributed by atoms with E-state index in [1.807, 2.05) is 29.6 Å². The van der Waals surface area contributed by atoms with E-state index in [0.717, 1.165) is 56.3 Å². The molecule has 4 aromatic rings. The third-order valence-electron chi connectivity index (χ3n) is 11.9. The summed E-state index contributed by atoms with van der Waals surface area (Å²) in [5.41, 5.74) is -0.630. The molecule has 13 nitrogen and oxygen atoms in total. The summed E-state index contributed by atoms with van der Waals surface area (Å²) in [7, 11) is 0. The number of fused-ring (bicyclic) bond motifs is 1. The Labute approximate surface area is 342 Å². The van der Waals surface area contributed by atoms with Crippen molar-refractivity contribution in [1.82, 2.24) is 29.9 Å². The highest BCUT2D eigenvalue weighted by Gasteiger charge is 2.39. The number of rotatable bonds is 9. The highest BCUT2D eigenvalue weighted by molar-refractivity contribution is 6.05. The average molecular weight is 837 g/mol. The number of carbonyl (C=O) groups excluding carboxylic acids is 4. The number of nitrogens with zero attached hydrogens (tertiary/aromatic N) is 6. The van der Waals surface area contributed by atoms with Crippen molar-refractivity contribution in [2.24, 2.45) is 5.92 Å². The van der Waals surface area contributed by atoms with Crippen molar-refractivity contribution in [1.29, 1.82) is 0 Å². The molecule has 60 heavy (non-hydrogen) atoms. The number of amides is 4. The van der Waals surface area contributed by atoms with Crippen LogP contribution in [0.1, 0.15) is 86.1 Å².